The number of aromatic nitrogens is 4. The molecule has 0 amide bonds. The van der Waals surface area contributed by atoms with Crippen molar-refractivity contribution in [2.24, 2.45) is 0 Å². The fourth-order valence-corrected chi connectivity index (χ4v) is 2.38. The van der Waals surface area contributed by atoms with Crippen molar-refractivity contribution >= 4 is 17.6 Å². The molecule has 3 rings (SSSR count). The number of benzene rings is 1. The van der Waals surface area contributed by atoms with Gasteiger partial charge in [-0.2, -0.15) is 13.2 Å². The number of rotatable bonds is 5. The molecular weight excluding hydrogens is 375 g/mol. The largest absolute Gasteiger partial charge is 0.465 e. The van der Waals surface area contributed by atoms with Gasteiger partial charge in [0.25, 0.3) is 0 Å². The summed E-state index contributed by atoms with van der Waals surface area (Å²) >= 11 is 0. The molecule has 0 unspecified atom stereocenters. The van der Waals surface area contributed by atoms with Crippen molar-refractivity contribution in [3.63, 3.8) is 0 Å². The maximum atomic E-state index is 13.0. The van der Waals surface area contributed by atoms with Crippen molar-refractivity contribution in [2.45, 2.75) is 12.7 Å². The van der Waals surface area contributed by atoms with E-state index in [2.05, 4.69) is 24.7 Å². The van der Waals surface area contributed by atoms with Crippen LogP contribution in [0.1, 0.15) is 21.6 Å². The summed E-state index contributed by atoms with van der Waals surface area (Å²) < 4.78 is 43.7. The molecule has 144 valence electrons. The topological polar surface area (TPSA) is 81.1 Å². The molecule has 0 saturated heterocycles. The van der Waals surface area contributed by atoms with Gasteiger partial charge in [0.2, 0.25) is 0 Å². The first-order chi connectivity index (χ1) is 13.4. The Morgan fingerprint density at radius 2 is 1.75 bits per heavy atom. The summed E-state index contributed by atoms with van der Waals surface area (Å²) in [6.07, 6.45) is 1.52. The van der Waals surface area contributed by atoms with Gasteiger partial charge in [0.05, 0.1) is 37.8 Å². The number of carbonyl (C=O) groups is 1. The lowest BCUT2D eigenvalue weighted by Crippen LogP contribution is -2.21. The van der Waals surface area contributed by atoms with Crippen LogP contribution in [0.15, 0.2) is 55.2 Å². The minimum atomic E-state index is -4.63. The van der Waals surface area contributed by atoms with E-state index in [1.807, 2.05) is 0 Å². The Balaban J connectivity index is 1.96. The average molecular weight is 389 g/mol. The minimum Gasteiger partial charge on any atom is -0.465 e. The first kappa shape index (κ1) is 19.2. The second-order valence-corrected chi connectivity index (χ2v) is 5.60. The van der Waals surface area contributed by atoms with Crippen LogP contribution in [0.3, 0.4) is 0 Å². The van der Waals surface area contributed by atoms with E-state index in [4.69, 9.17) is 0 Å². The van der Waals surface area contributed by atoms with E-state index in [0.29, 0.717) is 23.1 Å². The Morgan fingerprint density at radius 3 is 2.36 bits per heavy atom. The quantitative estimate of drug-likeness (QED) is 0.619. The van der Waals surface area contributed by atoms with E-state index in [1.54, 1.807) is 24.3 Å². The number of hydrogen-bond donors (Lipinski definition) is 0. The number of anilines is 2. The summed E-state index contributed by atoms with van der Waals surface area (Å²) in [4.78, 5) is 28.4. The molecule has 2 aromatic heterocycles. The summed E-state index contributed by atoms with van der Waals surface area (Å²) in [5.41, 5.74) is -0.0476. The number of nitrogens with zero attached hydrogens (tertiary/aromatic N) is 5. The highest BCUT2D eigenvalue weighted by Gasteiger charge is 2.33. The zero-order chi connectivity index (χ0) is 20.1. The summed E-state index contributed by atoms with van der Waals surface area (Å²) in [7, 11) is 1.28. The Bertz CT molecular complexity index is 949. The normalized spacial score (nSPS) is 11.1. The summed E-state index contributed by atoms with van der Waals surface area (Å²) in [5.74, 6) is -0.221. The van der Waals surface area contributed by atoms with E-state index in [9.17, 15) is 18.0 Å². The smallest absolute Gasteiger partial charge is 0.434 e. The van der Waals surface area contributed by atoms with Crippen LogP contribution in [0.5, 0.6) is 0 Å². The minimum absolute atomic E-state index is 0.0348. The predicted molar refractivity (Wildman–Crippen MR) is 92.7 cm³/mol. The summed E-state index contributed by atoms with van der Waals surface area (Å²) in [5, 5.41) is 0. The third kappa shape index (κ3) is 4.40. The van der Waals surface area contributed by atoms with Gasteiger partial charge in [0.1, 0.15) is 0 Å². The van der Waals surface area contributed by atoms with E-state index in [-0.39, 0.29) is 12.4 Å². The molecule has 0 aliphatic heterocycles. The lowest BCUT2D eigenvalue weighted by atomic mass is 10.1. The van der Waals surface area contributed by atoms with Crippen molar-refractivity contribution in [3.05, 3.63) is 72.1 Å². The molecule has 0 aliphatic rings. The third-order valence-corrected chi connectivity index (χ3v) is 3.73. The van der Waals surface area contributed by atoms with Crippen LogP contribution >= 0.6 is 0 Å². The Morgan fingerprint density at radius 1 is 1.04 bits per heavy atom. The van der Waals surface area contributed by atoms with Crippen LogP contribution < -0.4 is 4.90 Å². The second kappa shape index (κ2) is 7.99. The van der Waals surface area contributed by atoms with Crippen molar-refractivity contribution < 1.29 is 22.7 Å². The van der Waals surface area contributed by atoms with Gasteiger partial charge >= 0.3 is 12.1 Å². The van der Waals surface area contributed by atoms with Crippen LogP contribution in [0, 0.1) is 0 Å². The molecule has 0 N–H and O–H groups in total. The lowest BCUT2D eigenvalue weighted by molar-refractivity contribution is -0.141. The molecule has 3 aromatic rings. The Labute approximate surface area is 157 Å². The van der Waals surface area contributed by atoms with Crippen molar-refractivity contribution in [3.8, 4) is 0 Å². The maximum Gasteiger partial charge on any atom is 0.434 e. The fourth-order valence-electron chi connectivity index (χ4n) is 2.38. The molecular formula is C18H14F3N5O2. The molecule has 0 saturated carbocycles. The highest BCUT2D eigenvalue weighted by atomic mass is 19.4. The van der Waals surface area contributed by atoms with Crippen molar-refractivity contribution in [1.82, 2.24) is 19.9 Å². The molecule has 10 heteroatoms. The van der Waals surface area contributed by atoms with E-state index in [0.717, 1.165) is 0 Å². The third-order valence-electron chi connectivity index (χ3n) is 3.73. The van der Waals surface area contributed by atoms with Crippen molar-refractivity contribution in [2.75, 3.05) is 12.0 Å². The van der Waals surface area contributed by atoms with Gasteiger partial charge in [-0.3, -0.25) is 9.97 Å². The lowest BCUT2D eigenvalue weighted by Gasteiger charge is -2.23. The first-order valence-electron chi connectivity index (χ1n) is 7.98. The molecule has 1 aromatic carbocycles. The van der Waals surface area contributed by atoms with E-state index >= 15 is 0 Å². The fraction of sp³-hybridized carbons (Fsp3) is 0.167. The number of alkyl halides is 3. The number of methoxy groups -OCH3 is 1. The van der Waals surface area contributed by atoms with Gasteiger partial charge in [-0.05, 0) is 17.7 Å². The number of halogens is 3. The van der Waals surface area contributed by atoms with Crippen LogP contribution in [-0.4, -0.2) is 33.0 Å². The molecule has 0 fully saturated rings. The van der Waals surface area contributed by atoms with Crippen molar-refractivity contribution in [1.29, 1.82) is 0 Å². The molecule has 0 atom stereocenters. The monoisotopic (exact) mass is 389 g/mol. The Kier molecular flexibility index (Phi) is 5.48. The molecule has 0 spiro atoms. The Hall–Kier alpha value is -3.56. The standard InChI is InChI=1S/C18H14F3N5O2/c1-28-17(27)13-4-2-12(3-5-13)11-26(15-9-22-6-7-24-15)16-10-23-8-14(25-16)18(19,20)21/h2-10H,11H2,1H3. The molecule has 28 heavy (non-hydrogen) atoms. The first-order valence-corrected chi connectivity index (χ1v) is 7.98. The number of esters is 1. The van der Waals surface area contributed by atoms with Crippen LogP contribution in [0.4, 0.5) is 24.8 Å². The van der Waals surface area contributed by atoms with Crippen LogP contribution in [0.25, 0.3) is 0 Å². The summed E-state index contributed by atoms with van der Waals surface area (Å²) in [6.45, 7) is 0.135. The van der Waals surface area contributed by atoms with Gasteiger partial charge in [-0.1, -0.05) is 12.1 Å². The van der Waals surface area contributed by atoms with E-state index < -0.39 is 17.8 Å². The highest BCUT2D eigenvalue weighted by Crippen LogP contribution is 2.30. The van der Waals surface area contributed by atoms with Gasteiger partial charge in [-0.25, -0.2) is 14.8 Å². The predicted octanol–water partition coefficient (Wildman–Crippen LogP) is 3.41. The van der Waals surface area contributed by atoms with Gasteiger partial charge in [0.15, 0.2) is 17.3 Å². The molecule has 0 radical (unpaired) electrons. The zero-order valence-electron chi connectivity index (χ0n) is 14.6. The van der Waals surface area contributed by atoms with Gasteiger partial charge in [-0.15, -0.1) is 0 Å². The molecule has 0 aliphatic carbocycles. The number of ether oxygens (including phenoxy) is 1. The van der Waals surface area contributed by atoms with Gasteiger partial charge in [0, 0.05) is 12.4 Å². The number of carbonyl (C=O) groups excluding carboxylic acids is 1. The molecule has 7 nitrogen and oxygen atoms in total. The highest BCUT2D eigenvalue weighted by molar-refractivity contribution is 5.89. The SMILES string of the molecule is COC(=O)c1ccc(CN(c2cnccn2)c2cncc(C(F)(F)F)n2)cc1. The summed E-state index contributed by atoms with van der Waals surface area (Å²) in [6, 6.07) is 6.45. The number of hydrogen-bond acceptors (Lipinski definition) is 7. The van der Waals surface area contributed by atoms with E-state index in [1.165, 1.54) is 36.8 Å². The van der Waals surface area contributed by atoms with Crippen LogP contribution in [-0.2, 0) is 17.5 Å². The average Bonchev–Trinajstić information content (AvgIpc) is 2.72. The van der Waals surface area contributed by atoms with Gasteiger partial charge < -0.3 is 9.64 Å². The second-order valence-electron chi connectivity index (χ2n) is 5.60. The molecule has 0 bridgehead atoms. The maximum absolute atomic E-state index is 13.0. The molecule has 2 heterocycles. The zero-order valence-corrected chi connectivity index (χ0v) is 14.6. The van der Waals surface area contributed by atoms with Crippen LogP contribution in [0.2, 0.25) is 0 Å².